The first-order valence-electron chi connectivity index (χ1n) is 19.8. The second-order valence-electron chi connectivity index (χ2n) is 14.3. The Hall–Kier alpha value is -4.51. The fraction of sp³-hybridized carbons (Fsp3) is 0.523. The van der Waals surface area contributed by atoms with Gasteiger partial charge in [0, 0.05) is 43.2 Å². The van der Waals surface area contributed by atoms with Crippen LogP contribution in [0.2, 0.25) is 0 Å². The third-order valence-corrected chi connectivity index (χ3v) is 10.9. The van der Waals surface area contributed by atoms with E-state index in [1.165, 1.54) is 0 Å². The van der Waals surface area contributed by atoms with Crippen molar-refractivity contribution in [2.75, 3.05) is 59.4 Å². The molecule has 1 heterocycles. The predicted octanol–water partition coefficient (Wildman–Crippen LogP) is 5.93. The first-order valence-corrected chi connectivity index (χ1v) is 19.8. The number of aliphatic hydroxyl groups is 3. The van der Waals surface area contributed by atoms with Gasteiger partial charge in [-0.05, 0) is 92.5 Å². The molecular formula is C44H57N3O9. The van der Waals surface area contributed by atoms with Gasteiger partial charge in [-0.1, -0.05) is 42.8 Å². The number of ether oxygens (including phenoxy) is 4. The number of aliphatic hydroxyl groups excluding tert-OH is 3. The Bertz CT molecular complexity index is 1720. The van der Waals surface area contributed by atoms with Gasteiger partial charge >= 0.3 is 0 Å². The SMILES string of the molecule is C=CCOc1ccc2c(c1)[C@H]1[C@H](CCCCO)[C@@H](CCCCO)C=C3C(=NOCC)C[C@H](N(CCOCCO)C(=O)c4ccc(C#N)cc4)[C@@](OCC=C)(O2)[C@H]31. The quantitative estimate of drug-likeness (QED) is 0.0702. The molecule has 1 aliphatic heterocycles. The van der Waals surface area contributed by atoms with E-state index in [1.807, 2.05) is 25.1 Å². The molecule has 1 fully saturated rings. The fourth-order valence-electron chi connectivity index (χ4n) is 8.62. The van der Waals surface area contributed by atoms with Gasteiger partial charge in [0.25, 0.3) is 5.91 Å². The summed E-state index contributed by atoms with van der Waals surface area (Å²) in [5.74, 6) is -1.02. The third-order valence-electron chi connectivity index (χ3n) is 10.9. The van der Waals surface area contributed by atoms with E-state index in [0.717, 1.165) is 36.8 Å². The topological polar surface area (TPSA) is 163 Å². The number of benzene rings is 2. The molecule has 0 aromatic heterocycles. The third kappa shape index (κ3) is 9.53. The number of fused-ring (bicyclic) bond motifs is 2. The highest BCUT2D eigenvalue weighted by Gasteiger charge is 2.65. The van der Waals surface area contributed by atoms with Crippen molar-refractivity contribution < 1.29 is 43.9 Å². The van der Waals surface area contributed by atoms with Gasteiger partial charge in [0.1, 0.15) is 30.8 Å². The summed E-state index contributed by atoms with van der Waals surface area (Å²) in [6.45, 7) is 10.9. The molecule has 2 aliphatic carbocycles. The summed E-state index contributed by atoms with van der Waals surface area (Å²) in [5.41, 5.74) is 3.38. The van der Waals surface area contributed by atoms with Crippen LogP contribution >= 0.6 is 0 Å². The van der Waals surface area contributed by atoms with Crippen LogP contribution in [0.5, 0.6) is 11.5 Å². The van der Waals surface area contributed by atoms with Crippen LogP contribution in [0.15, 0.2) is 84.6 Å². The highest BCUT2D eigenvalue weighted by Crippen LogP contribution is 2.62. The normalized spacial score (nSPS) is 24.2. The average molecular weight is 772 g/mol. The molecule has 3 aliphatic rings. The van der Waals surface area contributed by atoms with Crippen LogP contribution in [0, 0.1) is 29.1 Å². The molecule has 12 heteroatoms. The van der Waals surface area contributed by atoms with Crippen LogP contribution < -0.4 is 9.47 Å². The number of hydrogen-bond donors (Lipinski definition) is 3. The Labute approximate surface area is 330 Å². The minimum absolute atomic E-state index is 0.0562. The van der Waals surface area contributed by atoms with Crippen molar-refractivity contribution in [3.63, 3.8) is 0 Å². The van der Waals surface area contributed by atoms with Crippen molar-refractivity contribution in [3.8, 4) is 17.6 Å². The van der Waals surface area contributed by atoms with E-state index in [0.29, 0.717) is 54.4 Å². The van der Waals surface area contributed by atoms with Crippen LogP contribution in [0.4, 0.5) is 0 Å². The molecule has 5 rings (SSSR count). The Morgan fingerprint density at radius 2 is 1.77 bits per heavy atom. The molecule has 3 N–H and O–H groups in total. The molecule has 0 saturated heterocycles. The molecule has 12 nitrogen and oxygen atoms in total. The number of nitriles is 1. The van der Waals surface area contributed by atoms with Gasteiger partial charge in [0.15, 0.2) is 0 Å². The van der Waals surface area contributed by atoms with Gasteiger partial charge in [-0.3, -0.25) is 4.79 Å². The Morgan fingerprint density at radius 1 is 1.02 bits per heavy atom. The summed E-state index contributed by atoms with van der Waals surface area (Å²) >= 11 is 0. The highest BCUT2D eigenvalue weighted by atomic mass is 16.7. The summed E-state index contributed by atoms with van der Waals surface area (Å²) in [6, 6.07) is 13.7. The molecule has 2 aromatic rings. The molecule has 56 heavy (non-hydrogen) atoms. The number of allylic oxidation sites excluding steroid dienone is 1. The second-order valence-corrected chi connectivity index (χ2v) is 14.3. The van der Waals surface area contributed by atoms with Crippen molar-refractivity contribution in [1.29, 1.82) is 5.26 Å². The van der Waals surface area contributed by atoms with Crippen molar-refractivity contribution in [3.05, 3.63) is 96.1 Å². The molecule has 1 saturated carbocycles. The molecule has 1 amide bonds. The maximum Gasteiger partial charge on any atom is 0.254 e. The lowest BCUT2D eigenvalue weighted by Crippen LogP contribution is -2.70. The lowest BCUT2D eigenvalue weighted by atomic mass is 9.55. The lowest BCUT2D eigenvalue weighted by molar-refractivity contribution is -0.254. The molecule has 0 unspecified atom stereocenters. The Balaban J connectivity index is 1.78. The highest BCUT2D eigenvalue weighted by molar-refractivity contribution is 6.03. The summed E-state index contributed by atoms with van der Waals surface area (Å²) in [5, 5.41) is 43.4. The van der Waals surface area contributed by atoms with Crippen molar-refractivity contribution in [2.45, 2.75) is 69.6 Å². The number of amides is 1. The zero-order chi connectivity index (χ0) is 39.9. The van der Waals surface area contributed by atoms with Crippen molar-refractivity contribution in [1.82, 2.24) is 4.90 Å². The minimum Gasteiger partial charge on any atom is -0.490 e. The number of unbranched alkanes of at least 4 members (excludes halogenated alkanes) is 2. The Morgan fingerprint density at radius 3 is 2.45 bits per heavy atom. The number of hydrogen-bond acceptors (Lipinski definition) is 11. The van der Waals surface area contributed by atoms with Crippen LogP contribution in [-0.2, 0) is 14.3 Å². The number of oxime groups is 1. The van der Waals surface area contributed by atoms with E-state index >= 15 is 0 Å². The summed E-state index contributed by atoms with van der Waals surface area (Å²) in [6.07, 6.45) is 10.5. The molecule has 0 bridgehead atoms. The first kappa shape index (κ1) is 42.6. The monoisotopic (exact) mass is 771 g/mol. The van der Waals surface area contributed by atoms with Crippen LogP contribution in [0.1, 0.15) is 79.3 Å². The lowest BCUT2D eigenvalue weighted by Gasteiger charge is -2.60. The predicted molar refractivity (Wildman–Crippen MR) is 212 cm³/mol. The van der Waals surface area contributed by atoms with E-state index < -0.39 is 17.7 Å². The smallest absolute Gasteiger partial charge is 0.254 e. The number of carbonyl (C=O) groups is 1. The average Bonchev–Trinajstić information content (AvgIpc) is 3.22. The minimum atomic E-state index is -1.45. The van der Waals surface area contributed by atoms with Crippen molar-refractivity contribution >= 4 is 11.6 Å². The second kappa shape index (κ2) is 21.1. The molecule has 0 radical (unpaired) electrons. The van der Waals surface area contributed by atoms with E-state index in [9.17, 15) is 25.4 Å². The molecule has 2 aromatic carbocycles. The van der Waals surface area contributed by atoms with Gasteiger partial charge < -0.3 is 44.0 Å². The molecule has 0 spiro atoms. The summed E-state index contributed by atoms with van der Waals surface area (Å²) < 4.78 is 26.1. The maximum absolute atomic E-state index is 14.8. The van der Waals surface area contributed by atoms with Crippen LogP contribution in [0.3, 0.4) is 0 Å². The van der Waals surface area contributed by atoms with Gasteiger partial charge in [0.2, 0.25) is 5.79 Å². The zero-order valence-electron chi connectivity index (χ0n) is 32.5. The summed E-state index contributed by atoms with van der Waals surface area (Å²) in [7, 11) is 0. The standard InChI is InChI=1S/C44H57N3O9/c1-4-23-53-34-17-18-39-37(28-34)41-35(12-8-10-21-49)33(11-7-9-20-48)27-36-38(46-55-6-3)29-40(44(56-39,42(36)41)54-24-5-2)47(19-25-52-26-22-50)43(51)32-15-13-31(30-45)14-16-32/h4-5,13-18,27-28,33,35,40-42,48-50H,1-2,6-12,19-26,29H2,3H3/t33-,35+,40-,41+,42+,44+/m0/s1. The molecular weight excluding hydrogens is 714 g/mol. The zero-order valence-corrected chi connectivity index (χ0v) is 32.5. The van der Waals surface area contributed by atoms with E-state index in [1.54, 1.807) is 41.3 Å². The molecule has 302 valence electrons. The Kier molecular flexibility index (Phi) is 16.1. The van der Waals surface area contributed by atoms with Crippen LogP contribution in [-0.4, -0.2) is 103 Å². The van der Waals surface area contributed by atoms with Gasteiger partial charge in [-0.2, -0.15) is 5.26 Å². The number of carbonyl (C=O) groups excluding carboxylic acids is 1. The largest absolute Gasteiger partial charge is 0.490 e. The molecule has 6 atom stereocenters. The van der Waals surface area contributed by atoms with E-state index in [-0.39, 0.29) is 76.3 Å². The first-order chi connectivity index (χ1) is 27.4. The van der Waals surface area contributed by atoms with Gasteiger partial charge in [0.05, 0.1) is 49.7 Å². The van der Waals surface area contributed by atoms with Gasteiger partial charge in [-0.15, -0.1) is 6.58 Å². The maximum atomic E-state index is 14.8. The van der Waals surface area contributed by atoms with Gasteiger partial charge in [-0.25, -0.2) is 0 Å². The number of nitrogens with zero attached hydrogens (tertiary/aromatic N) is 3. The van der Waals surface area contributed by atoms with E-state index in [4.69, 9.17) is 28.9 Å². The van der Waals surface area contributed by atoms with Crippen LogP contribution in [0.25, 0.3) is 0 Å². The summed E-state index contributed by atoms with van der Waals surface area (Å²) in [4.78, 5) is 22.4. The number of rotatable bonds is 23. The van der Waals surface area contributed by atoms with E-state index in [2.05, 4.69) is 25.3 Å². The fourth-order valence-corrected chi connectivity index (χ4v) is 8.62. The van der Waals surface area contributed by atoms with Crippen molar-refractivity contribution in [2.24, 2.45) is 22.9 Å².